The number of hydrogen-bond donors (Lipinski definition) is 1. The molecule has 0 aromatic carbocycles. The summed E-state index contributed by atoms with van der Waals surface area (Å²) < 4.78 is 2.33. The molecule has 1 aromatic rings. The number of fused-ring (bicyclic) bond motifs is 1. The molecule has 0 spiro atoms. The largest absolute Gasteiger partial charge is 0.335 e. The standard InChI is InChI=1S/C15H25N3/c1-2-12-5-6-14(10-12)17-11-13-4-3-8-18-9-7-16-15(13)18/h7,9,12-14,17H,2-6,8,10-11H2,1H3/t12-,13+,14-/m1/s1. The summed E-state index contributed by atoms with van der Waals surface area (Å²) in [4.78, 5) is 4.54. The molecule has 3 nitrogen and oxygen atoms in total. The Morgan fingerprint density at radius 1 is 1.39 bits per heavy atom. The minimum absolute atomic E-state index is 0.634. The van der Waals surface area contributed by atoms with Crippen molar-refractivity contribution in [1.29, 1.82) is 0 Å². The highest BCUT2D eigenvalue weighted by Gasteiger charge is 2.26. The minimum Gasteiger partial charge on any atom is -0.335 e. The Kier molecular flexibility index (Phi) is 3.69. The monoisotopic (exact) mass is 247 g/mol. The van der Waals surface area contributed by atoms with Crippen LogP contribution in [0.3, 0.4) is 0 Å². The van der Waals surface area contributed by atoms with Crippen LogP contribution >= 0.6 is 0 Å². The summed E-state index contributed by atoms with van der Waals surface area (Å²) in [5.74, 6) is 2.91. The van der Waals surface area contributed by atoms with E-state index in [2.05, 4.69) is 28.0 Å². The molecule has 1 aliphatic heterocycles. The Morgan fingerprint density at radius 2 is 2.33 bits per heavy atom. The van der Waals surface area contributed by atoms with Gasteiger partial charge in [0.25, 0.3) is 0 Å². The van der Waals surface area contributed by atoms with Gasteiger partial charge in [-0.1, -0.05) is 13.3 Å². The van der Waals surface area contributed by atoms with Gasteiger partial charge in [-0.3, -0.25) is 0 Å². The van der Waals surface area contributed by atoms with Crippen molar-refractivity contribution in [3.63, 3.8) is 0 Å². The second kappa shape index (κ2) is 5.43. The van der Waals surface area contributed by atoms with E-state index in [0.717, 1.165) is 25.0 Å². The summed E-state index contributed by atoms with van der Waals surface area (Å²) in [6, 6.07) is 0.764. The first-order valence-electron chi connectivity index (χ1n) is 7.61. The molecule has 1 saturated carbocycles. The number of imidazole rings is 1. The van der Waals surface area contributed by atoms with Crippen LogP contribution in [0.2, 0.25) is 0 Å². The third kappa shape index (κ3) is 2.46. The van der Waals surface area contributed by atoms with Crippen molar-refractivity contribution in [3.05, 3.63) is 18.2 Å². The van der Waals surface area contributed by atoms with Crippen molar-refractivity contribution >= 4 is 0 Å². The third-order valence-corrected chi connectivity index (χ3v) is 4.84. The first-order valence-corrected chi connectivity index (χ1v) is 7.61. The van der Waals surface area contributed by atoms with Crippen molar-refractivity contribution in [2.24, 2.45) is 5.92 Å². The fourth-order valence-electron chi connectivity index (χ4n) is 3.64. The zero-order chi connectivity index (χ0) is 12.4. The highest BCUT2D eigenvalue weighted by Crippen LogP contribution is 2.29. The molecule has 0 bridgehead atoms. The predicted octanol–water partition coefficient (Wildman–Crippen LogP) is 2.93. The van der Waals surface area contributed by atoms with Gasteiger partial charge in [-0.15, -0.1) is 0 Å². The molecular weight excluding hydrogens is 222 g/mol. The van der Waals surface area contributed by atoms with Crippen LogP contribution in [0.15, 0.2) is 12.4 Å². The maximum atomic E-state index is 4.54. The van der Waals surface area contributed by atoms with Gasteiger partial charge in [0.05, 0.1) is 0 Å². The number of hydrogen-bond acceptors (Lipinski definition) is 2. The van der Waals surface area contributed by atoms with Crippen LogP contribution in [0, 0.1) is 5.92 Å². The van der Waals surface area contributed by atoms with E-state index < -0.39 is 0 Å². The Morgan fingerprint density at radius 3 is 3.17 bits per heavy atom. The van der Waals surface area contributed by atoms with E-state index in [1.54, 1.807) is 0 Å². The lowest BCUT2D eigenvalue weighted by molar-refractivity contribution is 0.395. The number of aryl methyl sites for hydroxylation is 1. The normalized spacial score (nSPS) is 31.5. The van der Waals surface area contributed by atoms with Gasteiger partial charge >= 0.3 is 0 Å². The van der Waals surface area contributed by atoms with Crippen molar-refractivity contribution in [1.82, 2.24) is 14.9 Å². The number of rotatable bonds is 4. The van der Waals surface area contributed by atoms with Crippen LogP contribution in [0.1, 0.15) is 57.2 Å². The lowest BCUT2D eigenvalue weighted by Crippen LogP contribution is -2.33. The summed E-state index contributed by atoms with van der Waals surface area (Å²) in [5.41, 5.74) is 0. The van der Waals surface area contributed by atoms with Crippen molar-refractivity contribution < 1.29 is 0 Å². The molecule has 3 heteroatoms. The average molecular weight is 247 g/mol. The van der Waals surface area contributed by atoms with E-state index in [4.69, 9.17) is 0 Å². The van der Waals surface area contributed by atoms with Crippen LogP contribution in [-0.2, 0) is 6.54 Å². The van der Waals surface area contributed by atoms with E-state index >= 15 is 0 Å². The zero-order valence-electron chi connectivity index (χ0n) is 11.4. The van der Waals surface area contributed by atoms with Crippen LogP contribution < -0.4 is 5.32 Å². The van der Waals surface area contributed by atoms with Crippen molar-refractivity contribution in [3.8, 4) is 0 Å². The van der Waals surface area contributed by atoms with Gasteiger partial charge in [-0.25, -0.2) is 4.98 Å². The van der Waals surface area contributed by atoms with Gasteiger partial charge in [0.2, 0.25) is 0 Å². The predicted molar refractivity (Wildman–Crippen MR) is 73.6 cm³/mol. The van der Waals surface area contributed by atoms with Gasteiger partial charge in [-0.2, -0.15) is 0 Å². The average Bonchev–Trinajstić information content (AvgIpc) is 3.05. The molecule has 18 heavy (non-hydrogen) atoms. The number of nitrogens with zero attached hydrogens (tertiary/aromatic N) is 2. The quantitative estimate of drug-likeness (QED) is 0.886. The maximum Gasteiger partial charge on any atom is 0.113 e. The first-order chi connectivity index (χ1) is 8.86. The second-order valence-electron chi connectivity index (χ2n) is 6.01. The highest BCUT2D eigenvalue weighted by molar-refractivity contribution is 5.04. The molecule has 1 fully saturated rings. The Balaban J connectivity index is 1.53. The van der Waals surface area contributed by atoms with Crippen LogP contribution in [-0.4, -0.2) is 22.1 Å². The lowest BCUT2D eigenvalue weighted by atomic mass is 9.98. The van der Waals surface area contributed by atoms with Crippen LogP contribution in [0.5, 0.6) is 0 Å². The molecule has 1 aromatic heterocycles. The fraction of sp³-hybridized carbons (Fsp3) is 0.800. The smallest absolute Gasteiger partial charge is 0.113 e. The Hall–Kier alpha value is -0.830. The molecule has 0 saturated heterocycles. The van der Waals surface area contributed by atoms with Crippen molar-refractivity contribution in [2.45, 2.75) is 64.0 Å². The summed E-state index contributed by atoms with van der Waals surface area (Å²) >= 11 is 0. The number of aromatic nitrogens is 2. The third-order valence-electron chi connectivity index (χ3n) is 4.84. The Bertz CT molecular complexity index is 385. The van der Waals surface area contributed by atoms with E-state index in [-0.39, 0.29) is 0 Å². The topological polar surface area (TPSA) is 29.9 Å². The molecule has 0 amide bonds. The molecule has 0 unspecified atom stereocenters. The minimum atomic E-state index is 0.634. The lowest BCUT2D eigenvalue weighted by Gasteiger charge is -2.25. The van der Waals surface area contributed by atoms with Gasteiger partial charge in [0.15, 0.2) is 0 Å². The van der Waals surface area contributed by atoms with Gasteiger partial charge < -0.3 is 9.88 Å². The summed E-state index contributed by atoms with van der Waals surface area (Å²) in [6.07, 6.45) is 12.2. The van der Waals surface area contributed by atoms with Crippen molar-refractivity contribution in [2.75, 3.05) is 6.54 Å². The fourth-order valence-corrected chi connectivity index (χ4v) is 3.64. The van der Waals surface area contributed by atoms with E-state index in [9.17, 15) is 0 Å². The van der Waals surface area contributed by atoms with Crippen LogP contribution in [0.4, 0.5) is 0 Å². The van der Waals surface area contributed by atoms with E-state index in [1.807, 2.05) is 6.20 Å². The molecule has 3 rings (SSSR count). The molecular formula is C15H25N3. The molecule has 0 radical (unpaired) electrons. The SMILES string of the molecule is CC[C@@H]1CC[C@@H](NC[C@@H]2CCCn3ccnc32)C1. The maximum absolute atomic E-state index is 4.54. The molecule has 2 aliphatic rings. The van der Waals surface area contributed by atoms with Gasteiger partial charge in [-0.05, 0) is 38.0 Å². The summed E-state index contributed by atoms with van der Waals surface area (Å²) in [6.45, 7) is 4.61. The van der Waals surface area contributed by atoms with E-state index in [1.165, 1.54) is 44.3 Å². The highest BCUT2D eigenvalue weighted by atomic mass is 15.1. The zero-order valence-corrected chi connectivity index (χ0v) is 11.4. The summed E-state index contributed by atoms with van der Waals surface area (Å²) in [5, 5.41) is 3.79. The second-order valence-corrected chi connectivity index (χ2v) is 6.01. The molecule has 1 N–H and O–H groups in total. The summed E-state index contributed by atoms with van der Waals surface area (Å²) in [7, 11) is 0. The molecule has 100 valence electrons. The molecule has 3 atom stereocenters. The first kappa shape index (κ1) is 12.2. The van der Waals surface area contributed by atoms with Crippen LogP contribution in [0.25, 0.3) is 0 Å². The number of nitrogens with one attached hydrogen (secondary N) is 1. The Labute approximate surface area is 110 Å². The van der Waals surface area contributed by atoms with Gasteiger partial charge in [0, 0.05) is 37.4 Å². The molecule has 1 aliphatic carbocycles. The molecule has 2 heterocycles. The van der Waals surface area contributed by atoms with E-state index in [0.29, 0.717) is 5.92 Å². The van der Waals surface area contributed by atoms with Gasteiger partial charge in [0.1, 0.15) is 5.82 Å².